The molecule has 0 aromatic heterocycles. The molecule has 0 aliphatic rings. The Bertz CT molecular complexity index is 594. The molecule has 2 aromatic carbocycles. The van der Waals surface area contributed by atoms with Gasteiger partial charge in [-0.1, -0.05) is 19.9 Å². The van der Waals surface area contributed by atoms with Crippen molar-refractivity contribution in [3.63, 3.8) is 0 Å². The zero-order valence-corrected chi connectivity index (χ0v) is 10.6. The molecule has 0 saturated heterocycles. The predicted octanol–water partition coefficient (Wildman–Crippen LogP) is 5.02. The molecular weight excluding hydrogens is 253 g/mol. The van der Waals surface area contributed by atoms with E-state index in [4.69, 9.17) is 4.74 Å². The van der Waals surface area contributed by atoms with E-state index < -0.39 is 17.5 Å². The Morgan fingerprint density at radius 2 is 1.63 bits per heavy atom. The third-order valence-electron chi connectivity index (χ3n) is 2.70. The molecule has 2 rings (SSSR count). The minimum absolute atomic E-state index is 0.0429. The van der Waals surface area contributed by atoms with Crippen LogP contribution in [0.15, 0.2) is 36.4 Å². The summed E-state index contributed by atoms with van der Waals surface area (Å²) in [5, 5.41) is 0. The fraction of sp³-hybridized carbons (Fsp3) is 0.200. The van der Waals surface area contributed by atoms with Gasteiger partial charge in [-0.2, -0.15) is 0 Å². The van der Waals surface area contributed by atoms with Crippen molar-refractivity contribution in [3.8, 4) is 11.5 Å². The summed E-state index contributed by atoms with van der Waals surface area (Å²) in [5.74, 6) is -1.97. The Labute approximate surface area is 109 Å². The molecular formula is C15H13F3O. The van der Waals surface area contributed by atoms with E-state index in [-0.39, 0.29) is 17.4 Å². The highest BCUT2D eigenvalue weighted by atomic mass is 19.2. The number of rotatable bonds is 3. The summed E-state index contributed by atoms with van der Waals surface area (Å²) in [7, 11) is 0. The van der Waals surface area contributed by atoms with E-state index in [1.54, 1.807) is 6.07 Å². The van der Waals surface area contributed by atoms with Crippen molar-refractivity contribution in [2.24, 2.45) is 0 Å². The van der Waals surface area contributed by atoms with Crippen LogP contribution in [0.1, 0.15) is 25.3 Å². The van der Waals surface area contributed by atoms with Gasteiger partial charge in [-0.3, -0.25) is 0 Å². The topological polar surface area (TPSA) is 9.23 Å². The summed E-state index contributed by atoms with van der Waals surface area (Å²) in [5.41, 5.74) is 0.531. The van der Waals surface area contributed by atoms with Crippen LogP contribution >= 0.6 is 0 Å². The van der Waals surface area contributed by atoms with Crippen LogP contribution in [0.5, 0.6) is 11.5 Å². The first-order chi connectivity index (χ1) is 8.97. The Kier molecular flexibility index (Phi) is 3.79. The zero-order chi connectivity index (χ0) is 14.0. The van der Waals surface area contributed by atoms with Crippen LogP contribution in [0, 0.1) is 17.5 Å². The average molecular weight is 266 g/mol. The standard InChI is InChI=1S/C15H13F3O/c1-9(2)12-7-13(17)14(18)8-15(12)19-11-5-3-4-10(16)6-11/h3-9H,1-2H3. The SMILES string of the molecule is CC(C)c1cc(F)c(F)cc1Oc1cccc(F)c1. The molecule has 0 unspecified atom stereocenters. The molecule has 0 amide bonds. The van der Waals surface area contributed by atoms with Gasteiger partial charge in [0, 0.05) is 17.7 Å². The maximum atomic E-state index is 13.3. The van der Waals surface area contributed by atoms with Gasteiger partial charge in [-0.25, -0.2) is 13.2 Å². The minimum atomic E-state index is -0.990. The molecule has 0 saturated carbocycles. The van der Waals surface area contributed by atoms with E-state index in [9.17, 15) is 13.2 Å². The number of halogens is 3. The van der Waals surface area contributed by atoms with Crippen molar-refractivity contribution in [1.29, 1.82) is 0 Å². The number of benzene rings is 2. The molecule has 0 heterocycles. The van der Waals surface area contributed by atoms with Crippen LogP contribution in [0.4, 0.5) is 13.2 Å². The Morgan fingerprint density at radius 3 is 2.26 bits per heavy atom. The number of ether oxygens (including phenoxy) is 1. The summed E-state index contributed by atoms with van der Waals surface area (Å²) in [6.07, 6.45) is 0. The van der Waals surface area contributed by atoms with E-state index in [0.29, 0.717) is 5.56 Å². The second-order valence-corrected chi connectivity index (χ2v) is 4.52. The second kappa shape index (κ2) is 5.34. The van der Waals surface area contributed by atoms with Gasteiger partial charge in [-0.15, -0.1) is 0 Å². The zero-order valence-electron chi connectivity index (χ0n) is 10.6. The van der Waals surface area contributed by atoms with E-state index in [1.165, 1.54) is 18.2 Å². The molecule has 0 N–H and O–H groups in total. The van der Waals surface area contributed by atoms with Gasteiger partial charge < -0.3 is 4.74 Å². The van der Waals surface area contributed by atoms with Crippen molar-refractivity contribution < 1.29 is 17.9 Å². The molecule has 1 nitrogen and oxygen atoms in total. The molecule has 19 heavy (non-hydrogen) atoms. The molecule has 0 radical (unpaired) electrons. The van der Waals surface area contributed by atoms with Crippen molar-refractivity contribution in [1.82, 2.24) is 0 Å². The molecule has 0 spiro atoms. The molecule has 0 fully saturated rings. The molecule has 2 aromatic rings. The maximum Gasteiger partial charge on any atom is 0.162 e. The van der Waals surface area contributed by atoms with Crippen LogP contribution in [0.2, 0.25) is 0 Å². The lowest BCUT2D eigenvalue weighted by molar-refractivity contribution is 0.448. The predicted molar refractivity (Wildman–Crippen MR) is 66.9 cm³/mol. The molecule has 100 valence electrons. The van der Waals surface area contributed by atoms with E-state index in [1.807, 2.05) is 13.8 Å². The van der Waals surface area contributed by atoms with Crippen LogP contribution in [-0.4, -0.2) is 0 Å². The van der Waals surface area contributed by atoms with Crippen molar-refractivity contribution >= 4 is 0 Å². The first kappa shape index (κ1) is 13.5. The van der Waals surface area contributed by atoms with E-state index in [2.05, 4.69) is 0 Å². The van der Waals surface area contributed by atoms with Crippen molar-refractivity contribution in [2.45, 2.75) is 19.8 Å². The first-order valence-electron chi connectivity index (χ1n) is 5.89. The highest BCUT2D eigenvalue weighted by molar-refractivity contribution is 5.40. The highest BCUT2D eigenvalue weighted by Gasteiger charge is 2.14. The van der Waals surface area contributed by atoms with Crippen LogP contribution < -0.4 is 4.74 Å². The molecule has 0 aliphatic carbocycles. The van der Waals surface area contributed by atoms with Crippen LogP contribution in [-0.2, 0) is 0 Å². The quantitative estimate of drug-likeness (QED) is 0.758. The largest absolute Gasteiger partial charge is 0.457 e. The summed E-state index contributed by atoms with van der Waals surface area (Å²) in [4.78, 5) is 0. The van der Waals surface area contributed by atoms with Crippen LogP contribution in [0.3, 0.4) is 0 Å². The normalized spacial score (nSPS) is 10.8. The van der Waals surface area contributed by atoms with Gasteiger partial charge in [-0.05, 0) is 24.1 Å². The van der Waals surface area contributed by atoms with Gasteiger partial charge in [0.05, 0.1) is 0 Å². The lowest BCUT2D eigenvalue weighted by Crippen LogP contribution is -1.98. The lowest BCUT2D eigenvalue weighted by Gasteiger charge is -2.14. The van der Waals surface area contributed by atoms with Gasteiger partial charge in [0.15, 0.2) is 11.6 Å². The van der Waals surface area contributed by atoms with Crippen molar-refractivity contribution in [2.75, 3.05) is 0 Å². The second-order valence-electron chi connectivity index (χ2n) is 4.52. The fourth-order valence-electron chi connectivity index (χ4n) is 1.74. The molecule has 0 bridgehead atoms. The van der Waals surface area contributed by atoms with Gasteiger partial charge >= 0.3 is 0 Å². The lowest BCUT2D eigenvalue weighted by atomic mass is 10.0. The van der Waals surface area contributed by atoms with Gasteiger partial charge in [0.2, 0.25) is 0 Å². The van der Waals surface area contributed by atoms with E-state index in [0.717, 1.165) is 12.1 Å². The fourth-order valence-corrected chi connectivity index (χ4v) is 1.74. The maximum absolute atomic E-state index is 13.3. The Hall–Kier alpha value is -1.97. The number of hydrogen-bond donors (Lipinski definition) is 0. The van der Waals surface area contributed by atoms with Gasteiger partial charge in [0.25, 0.3) is 0 Å². The molecule has 0 atom stereocenters. The summed E-state index contributed by atoms with van der Waals surface area (Å²) in [6.45, 7) is 3.68. The van der Waals surface area contributed by atoms with Crippen molar-refractivity contribution in [3.05, 3.63) is 59.4 Å². The number of hydrogen-bond acceptors (Lipinski definition) is 1. The highest BCUT2D eigenvalue weighted by Crippen LogP contribution is 2.32. The van der Waals surface area contributed by atoms with Gasteiger partial charge in [0.1, 0.15) is 17.3 Å². The third kappa shape index (κ3) is 3.08. The smallest absolute Gasteiger partial charge is 0.162 e. The summed E-state index contributed by atoms with van der Waals surface area (Å²) >= 11 is 0. The minimum Gasteiger partial charge on any atom is -0.457 e. The monoisotopic (exact) mass is 266 g/mol. The average Bonchev–Trinajstić information content (AvgIpc) is 2.33. The Morgan fingerprint density at radius 1 is 0.947 bits per heavy atom. The molecule has 0 aliphatic heterocycles. The first-order valence-corrected chi connectivity index (χ1v) is 5.89. The Balaban J connectivity index is 2.41. The summed E-state index contributed by atoms with van der Waals surface area (Å²) < 4.78 is 45.0. The third-order valence-corrected chi connectivity index (χ3v) is 2.70. The summed E-state index contributed by atoms with van der Waals surface area (Å²) in [6, 6.07) is 7.59. The van der Waals surface area contributed by atoms with E-state index >= 15 is 0 Å². The molecule has 4 heteroatoms. The van der Waals surface area contributed by atoms with Crippen LogP contribution in [0.25, 0.3) is 0 Å².